The van der Waals surface area contributed by atoms with E-state index in [4.69, 9.17) is 9.47 Å². The van der Waals surface area contributed by atoms with Crippen LogP contribution in [0.15, 0.2) is 0 Å². The first-order chi connectivity index (χ1) is 8.10. The second-order valence-electron chi connectivity index (χ2n) is 3.98. The molecule has 2 atom stereocenters. The van der Waals surface area contributed by atoms with E-state index in [9.17, 15) is 9.59 Å². The maximum absolute atomic E-state index is 11.6. The maximum atomic E-state index is 11.6. The van der Waals surface area contributed by atoms with Gasteiger partial charge in [-0.3, -0.25) is 14.5 Å². The summed E-state index contributed by atoms with van der Waals surface area (Å²) in [5, 5.41) is 0. The lowest BCUT2D eigenvalue weighted by Gasteiger charge is -2.37. The summed E-state index contributed by atoms with van der Waals surface area (Å²) in [6.07, 6.45) is 0.254. The van der Waals surface area contributed by atoms with Gasteiger partial charge in [0.1, 0.15) is 6.04 Å². The largest absolute Gasteiger partial charge is 0.469 e. The molecule has 0 spiro atoms. The van der Waals surface area contributed by atoms with Gasteiger partial charge in [-0.1, -0.05) is 0 Å². The Kier molecular flexibility index (Phi) is 5.37. The Bertz CT molecular complexity index is 281. The predicted molar refractivity (Wildman–Crippen MR) is 59.4 cm³/mol. The highest BCUT2D eigenvalue weighted by atomic mass is 16.5. The van der Waals surface area contributed by atoms with Crippen molar-refractivity contribution in [1.29, 1.82) is 0 Å². The minimum atomic E-state index is -0.437. The van der Waals surface area contributed by atoms with E-state index in [0.717, 1.165) is 0 Å². The van der Waals surface area contributed by atoms with Crippen LogP contribution in [0.3, 0.4) is 0 Å². The van der Waals surface area contributed by atoms with Gasteiger partial charge in [0.2, 0.25) is 0 Å². The first-order valence-electron chi connectivity index (χ1n) is 5.58. The zero-order chi connectivity index (χ0) is 12.8. The van der Waals surface area contributed by atoms with Crippen LogP contribution in [0, 0.1) is 0 Å². The van der Waals surface area contributed by atoms with Crippen LogP contribution in [0.1, 0.15) is 13.3 Å². The summed E-state index contributed by atoms with van der Waals surface area (Å²) in [5.74, 6) is -0.617. The number of hydrogen-bond donors (Lipinski definition) is 0. The van der Waals surface area contributed by atoms with Crippen molar-refractivity contribution in [3.05, 3.63) is 0 Å². The van der Waals surface area contributed by atoms with Crippen molar-refractivity contribution in [2.75, 3.05) is 34.0 Å². The average molecular weight is 245 g/mol. The minimum absolute atomic E-state index is 0.0737. The number of morpholine rings is 1. The fourth-order valence-electron chi connectivity index (χ4n) is 1.93. The molecule has 1 aliphatic heterocycles. The van der Waals surface area contributed by atoms with Crippen molar-refractivity contribution in [1.82, 2.24) is 4.90 Å². The van der Waals surface area contributed by atoms with Gasteiger partial charge in [0.05, 0.1) is 33.9 Å². The summed E-state index contributed by atoms with van der Waals surface area (Å²) in [7, 11) is 2.70. The van der Waals surface area contributed by atoms with Crippen molar-refractivity contribution < 1.29 is 23.8 Å². The Morgan fingerprint density at radius 1 is 1.41 bits per heavy atom. The second kappa shape index (κ2) is 6.56. The highest BCUT2D eigenvalue weighted by molar-refractivity contribution is 5.76. The van der Waals surface area contributed by atoms with Gasteiger partial charge in [-0.25, -0.2) is 0 Å². The SMILES string of the molecule is COC(=O)CC(C)N1CCOCC1C(=O)OC. The molecule has 0 radical (unpaired) electrons. The van der Waals surface area contributed by atoms with Gasteiger partial charge in [0.15, 0.2) is 0 Å². The number of hydrogen-bond acceptors (Lipinski definition) is 6. The Hall–Kier alpha value is -1.14. The van der Waals surface area contributed by atoms with Crippen molar-refractivity contribution in [2.45, 2.75) is 25.4 Å². The molecule has 2 unspecified atom stereocenters. The molecule has 0 bridgehead atoms. The van der Waals surface area contributed by atoms with Gasteiger partial charge in [-0.15, -0.1) is 0 Å². The third-order valence-corrected chi connectivity index (χ3v) is 2.90. The summed E-state index contributed by atoms with van der Waals surface area (Å²) in [6, 6.07) is -0.510. The molecule has 1 heterocycles. The van der Waals surface area contributed by atoms with E-state index >= 15 is 0 Å². The Morgan fingerprint density at radius 2 is 2.12 bits per heavy atom. The molecule has 0 amide bonds. The molecular weight excluding hydrogens is 226 g/mol. The standard InChI is InChI=1S/C11H19NO5/c1-8(6-10(13)15-2)12-4-5-17-7-9(12)11(14)16-3/h8-9H,4-7H2,1-3H3. The quantitative estimate of drug-likeness (QED) is 0.640. The molecule has 98 valence electrons. The number of rotatable bonds is 4. The number of carbonyl (C=O) groups excluding carboxylic acids is 2. The van der Waals surface area contributed by atoms with Gasteiger partial charge in [-0.2, -0.15) is 0 Å². The van der Waals surface area contributed by atoms with E-state index in [0.29, 0.717) is 19.8 Å². The maximum Gasteiger partial charge on any atom is 0.325 e. The van der Waals surface area contributed by atoms with Gasteiger partial charge < -0.3 is 14.2 Å². The number of nitrogens with zero attached hydrogens (tertiary/aromatic N) is 1. The first kappa shape index (κ1) is 13.9. The third kappa shape index (κ3) is 3.67. The second-order valence-corrected chi connectivity index (χ2v) is 3.98. The Labute approximate surface area is 101 Å². The Balaban J connectivity index is 2.63. The number of esters is 2. The van der Waals surface area contributed by atoms with Crippen LogP contribution in [-0.2, 0) is 23.8 Å². The van der Waals surface area contributed by atoms with E-state index in [-0.39, 0.29) is 24.4 Å². The third-order valence-electron chi connectivity index (χ3n) is 2.90. The monoisotopic (exact) mass is 245 g/mol. The lowest BCUT2D eigenvalue weighted by atomic mass is 10.1. The molecule has 0 aromatic heterocycles. The lowest BCUT2D eigenvalue weighted by Crippen LogP contribution is -2.54. The fourth-order valence-corrected chi connectivity index (χ4v) is 1.93. The van der Waals surface area contributed by atoms with Gasteiger partial charge in [0.25, 0.3) is 0 Å². The van der Waals surface area contributed by atoms with Crippen LogP contribution in [-0.4, -0.2) is 62.9 Å². The molecule has 6 nitrogen and oxygen atoms in total. The van der Waals surface area contributed by atoms with Crippen LogP contribution < -0.4 is 0 Å². The molecule has 1 saturated heterocycles. The van der Waals surface area contributed by atoms with Crippen LogP contribution >= 0.6 is 0 Å². The average Bonchev–Trinajstić information content (AvgIpc) is 2.37. The highest BCUT2D eigenvalue weighted by Crippen LogP contribution is 2.15. The predicted octanol–water partition coefficient (Wildman–Crippen LogP) is -0.188. The van der Waals surface area contributed by atoms with E-state index in [1.807, 2.05) is 11.8 Å². The molecule has 6 heteroatoms. The lowest BCUT2D eigenvalue weighted by molar-refractivity contribution is -0.157. The van der Waals surface area contributed by atoms with Crippen molar-refractivity contribution in [3.63, 3.8) is 0 Å². The van der Waals surface area contributed by atoms with E-state index < -0.39 is 6.04 Å². The Morgan fingerprint density at radius 3 is 2.71 bits per heavy atom. The summed E-state index contributed by atoms with van der Waals surface area (Å²) >= 11 is 0. The van der Waals surface area contributed by atoms with Crippen molar-refractivity contribution >= 4 is 11.9 Å². The fraction of sp³-hybridized carbons (Fsp3) is 0.818. The number of methoxy groups -OCH3 is 2. The van der Waals surface area contributed by atoms with Gasteiger partial charge >= 0.3 is 11.9 Å². The molecule has 17 heavy (non-hydrogen) atoms. The van der Waals surface area contributed by atoms with Crippen LogP contribution in [0.4, 0.5) is 0 Å². The van der Waals surface area contributed by atoms with E-state index in [1.54, 1.807) is 0 Å². The number of carbonyl (C=O) groups is 2. The topological polar surface area (TPSA) is 65.1 Å². The smallest absolute Gasteiger partial charge is 0.325 e. The molecule has 1 aliphatic rings. The van der Waals surface area contributed by atoms with E-state index in [2.05, 4.69) is 4.74 Å². The summed E-state index contributed by atoms with van der Waals surface area (Å²) < 4.78 is 14.6. The van der Waals surface area contributed by atoms with E-state index in [1.165, 1.54) is 14.2 Å². The minimum Gasteiger partial charge on any atom is -0.469 e. The summed E-state index contributed by atoms with van der Waals surface area (Å²) in [5.41, 5.74) is 0. The summed E-state index contributed by atoms with van der Waals surface area (Å²) in [4.78, 5) is 24.7. The zero-order valence-electron chi connectivity index (χ0n) is 10.5. The first-order valence-corrected chi connectivity index (χ1v) is 5.58. The van der Waals surface area contributed by atoms with Crippen LogP contribution in [0.5, 0.6) is 0 Å². The molecule has 0 saturated carbocycles. The van der Waals surface area contributed by atoms with Crippen LogP contribution in [0.25, 0.3) is 0 Å². The van der Waals surface area contributed by atoms with Gasteiger partial charge in [-0.05, 0) is 6.92 Å². The molecule has 0 aromatic carbocycles. The van der Waals surface area contributed by atoms with Crippen molar-refractivity contribution in [2.24, 2.45) is 0 Å². The molecule has 0 aliphatic carbocycles. The van der Waals surface area contributed by atoms with Gasteiger partial charge in [0, 0.05) is 12.6 Å². The molecular formula is C11H19NO5. The zero-order valence-corrected chi connectivity index (χ0v) is 10.5. The molecule has 0 N–H and O–H groups in total. The molecule has 1 rings (SSSR count). The normalized spacial score (nSPS) is 22.9. The van der Waals surface area contributed by atoms with Crippen LogP contribution in [0.2, 0.25) is 0 Å². The number of ether oxygens (including phenoxy) is 3. The summed E-state index contributed by atoms with van der Waals surface area (Å²) in [6.45, 7) is 3.35. The molecule has 1 fully saturated rings. The highest BCUT2D eigenvalue weighted by Gasteiger charge is 2.34. The molecule has 0 aromatic rings. The van der Waals surface area contributed by atoms with Crippen molar-refractivity contribution in [3.8, 4) is 0 Å².